The molecule has 6 heteroatoms. The normalized spacial score (nSPS) is 19.0. The third-order valence-electron chi connectivity index (χ3n) is 4.25. The Morgan fingerprint density at radius 1 is 1.42 bits per heavy atom. The predicted molar refractivity (Wildman–Crippen MR) is 97.1 cm³/mol. The van der Waals surface area contributed by atoms with Crippen LogP contribution >= 0.6 is 11.6 Å². The summed E-state index contributed by atoms with van der Waals surface area (Å²) in [6.07, 6.45) is 1.18. The average molecular weight is 354 g/mol. The van der Waals surface area contributed by atoms with Gasteiger partial charge in [0.15, 0.2) is 0 Å². The summed E-state index contributed by atoms with van der Waals surface area (Å²) in [6, 6.07) is 7.95. The Bertz CT molecular complexity index is 534. The van der Waals surface area contributed by atoms with E-state index in [4.69, 9.17) is 22.1 Å². The number of carbonyl (C=O) groups excluding carboxylic acids is 1. The molecule has 1 amide bonds. The van der Waals surface area contributed by atoms with E-state index in [1.165, 1.54) is 0 Å². The maximum absolute atomic E-state index is 12.0. The van der Waals surface area contributed by atoms with Crippen LogP contribution in [0.25, 0.3) is 0 Å². The smallest absolute Gasteiger partial charge is 0.220 e. The molecule has 1 fully saturated rings. The highest BCUT2D eigenvalue weighted by Gasteiger charge is 2.32. The van der Waals surface area contributed by atoms with Crippen LogP contribution in [-0.4, -0.2) is 49.2 Å². The van der Waals surface area contributed by atoms with Gasteiger partial charge in [-0.3, -0.25) is 9.69 Å². The summed E-state index contributed by atoms with van der Waals surface area (Å²) >= 11 is 6.02. The van der Waals surface area contributed by atoms with E-state index in [0.717, 1.165) is 18.7 Å². The van der Waals surface area contributed by atoms with Gasteiger partial charge in [0.1, 0.15) is 0 Å². The lowest BCUT2D eigenvalue weighted by Crippen LogP contribution is -2.51. The molecule has 0 aromatic heterocycles. The van der Waals surface area contributed by atoms with Crippen molar-refractivity contribution < 1.29 is 9.53 Å². The standard InChI is InChI=1S/C18H28ClN3O2/c1-18(2)13-22(10-11-24-18)16(12-21-17(23)4-3-9-20)14-5-7-15(19)8-6-14/h5-8,16H,3-4,9-13,20H2,1-2H3,(H,21,23). The van der Waals surface area contributed by atoms with Gasteiger partial charge in [-0.25, -0.2) is 0 Å². The van der Waals surface area contributed by atoms with Crippen LogP contribution < -0.4 is 11.1 Å². The second-order valence-corrected chi connectivity index (χ2v) is 7.28. The third kappa shape index (κ3) is 5.74. The lowest BCUT2D eigenvalue weighted by atomic mass is 10.0. The second-order valence-electron chi connectivity index (χ2n) is 6.84. The highest BCUT2D eigenvalue weighted by Crippen LogP contribution is 2.27. The van der Waals surface area contributed by atoms with E-state index >= 15 is 0 Å². The van der Waals surface area contributed by atoms with Gasteiger partial charge in [-0.1, -0.05) is 23.7 Å². The molecular formula is C18H28ClN3O2. The SMILES string of the molecule is CC1(C)CN(C(CNC(=O)CCCN)c2ccc(Cl)cc2)CCO1. The molecular weight excluding hydrogens is 326 g/mol. The summed E-state index contributed by atoms with van der Waals surface area (Å²) in [5, 5.41) is 3.76. The van der Waals surface area contributed by atoms with Gasteiger partial charge in [-0.2, -0.15) is 0 Å². The van der Waals surface area contributed by atoms with E-state index in [9.17, 15) is 4.79 Å². The number of carbonyl (C=O) groups is 1. The first kappa shape index (κ1) is 19.2. The summed E-state index contributed by atoms with van der Waals surface area (Å²) in [5.41, 5.74) is 6.43. The fourth-order valence-electron chi connectivity index (χ4n) is 3.02. The maximum atomic E-state index is 12.0. The minimum Gasteiger partial charge on any atom is -0.373 e. The van der Waals surface area contributed by atoms with Crippen molar-refractivity contribution >= 4 is 17.5 Å². The van der Waals surface area contributed by atoms with Gasteiger partial charge < -0.3 is 15.8 Å². The summed E-state index contributed by atoms with van der Waals surface area (Å²) in [7, 11) is 0. The molecule has 1 aliphatic rings. The minimum absolute atomic E-state index is 0.0481. The van der Waals surface area contributed by atoms with Gasteiger partial charge in [-0.15, -0.1) is 0 Å². The number of nitrogens with zero attached hydrogens (tertiary/aromatic N) is 1. The number of benzene rings is 1. The van der Waals surface area contributed by atoms with Crippen molar-refractivity contribution in [2.75, 3.05) is 32.8 Å². The quantitative estimate of drug-likeness (QED) is 0.789. The summed E-state index contributed by atoms with van der Waals surface area (Å²) in [5.74, 6) is 0.0481. The molecule has 1 saturated heterocycles. The van der Waals surface area contributed by atoms with Crippen molar-refractivity contribution in [2.24, 2.45) is 5.73 Å². The molecule has 24 heavy (non-hydrogen) atoms. The molecule has 0 radical (unpaired) electrons. The Balaban J connectivity index is 2.09. The van der Waals surface area contributed by atoms with Crippen molar-refractivity contribution in [1.29, 1.82) is 0 Å². The van der Waals surface area contributed by atoms with Crippen molar-refractivity contribution in [3.8, 4) is 0 Å². The van der Waals surface area contributed by atoms with Crippen LogP contribution in [-0.2, 0) is 9.53 Å². The monoisotopic (exact) mass is 353 g/mol. The largest absolute Gasteiger partial charge is 0.373 e. The molecule has 1 unspecified atom stereocenters. The van der Waals surface area contributed by atoms with Crippen LogP contribution in [0.3, 0.4) is 0 Å². The van der Waals surface area contributed by atoms with E-state index < -0.39 is 0 Å². The number of nitrogens with one attached hydrogen (secondary N) is 1. The molecule has 134 valence electrons. The zero-order chi connectivity index (χ0) is 17.6. The average Bonchev–Trinajstić information content (AvgIpc) is 2.54. The van der Waals surface area contributed by atoms with Crippen LogP contribution in [0.5, 0.6) is 0 Å². The molecule has 1 aliphatic heterocycles. The topological polar surface area (TPSA) is 67.6 Å². The lowest BCUT2D eigenvalue weighted by molar-refractivity contribution is -0.122. The van der Waals surface area contributed by atoms with Gasteiger partial charge in [0.2, 0.25) is 5.91 Å². The molecule has 2 rings (SSSR count). The van der Waals surface area contributed by atoms with E-state index in [-0.39, 0.29) is 17.6 Å². The van der Waals surface area contributed by atoms with Gasteiger partial charge in [0.05, 0.1) is 18.2 Å². The Kier molecular flexibility index (Phi) is 7.04. The fourth-order valence-corrected chi connectivity index (χ4v) is 3.15. The second kappa shape index (κ2) is 8.81. The van der Waals surface area contributed by atoms with E-state index in [2.05, 4.69) is 24.1 Å². The number of ether oxygens (including phenoxy) is 1. The van der Waals surface area contributed by atoms with Crippen molar-refractivity contribution in [2.45, 2.75) is 38.3 Å². The summed E-state index contributed by atoms with van der Waals surface area (Å²) < 4.78 is 5.82. The Morgan fingerprint density at radius 3 is 2.75 bits per heavy atom. The number of morpholine rings is 1. The number of amides is 1. The molecule has 0 bridgehead atoms. The number of hydrogen-bond donors (Lipinski definition) is 2. The first-order chi connectivity index (χ1) is 11.4. The first-order valence-electron chi connectivity index (χ1n) is 8.51. The number of halogens is 1. The zero-order valence-corrected chi connectivity index (χ0v) is 15.3. The summed E-state index contributed by atoms with van der Waals surface area (Å²) in [4.78, 5) is 14.3. The lowest BCUT2D eigenvalue weighted by Gasteiger charge is -2.42. The molecule has 1 heterocycles. The first-order valence-corrected chi connectivity index (χ1v) is 8.89. The van der Waals surface area contributed by atoms with E-state index in [1.807, 2.05) is 24.3 Å². The summed E-state index contributed by atoms with van der Waals surface area (Å²) in [6.45, 7) is 7.65. The van der Waals surface area contributed by atoms with Gasteiger partial charge in [0, 0.05) is 31.1 Å². The maximum Gasteiger partial charge on any atom is 0.220 e. The number of nitrogens with two attached hydrogens (primary N) is 1. The third-order valence-corrected chi connectivity index (χ3v) is 4.50. The molecule has 1 atom stereocenters. The zero-order valence-electron chi connectivity index (χ0n) is 14.6. The molecule has 0 aliphatic carbocycles. The van der Waals surface area contributed by atoms with Crippen LogP contribution in [0.2, 0.25) is 5.02 Å². The van der Waals surface area contributed by atoms with Crippen LogP contribution in [0.1, 0.15) is 38.3 Å². The minimum atomic E-state index is -0.188. The molecule has 3 N–H and O–H groups in total. The Labute approximate surface area is 149 Å². The van der Waals surface area contributed by atoms with Crippen LogP contribution in [0.4, 0.5) is 0 Å². The van der Waals surface area contributed by atoms with E-state index in [1.54, 1.807) is 0 Å². The Morgan fingerprint density at radius 2 is 2.12 bits per heavy atom. The Hall–Kier alpha value is -1.14. The van der Waals surface area contributed by atoms with Gasteiger partial charge >= 0.3 is 0 Å². The molecule has 5 nitrogen and oxygen atoms in total. The van der Waals surface area contributed by atoms with Crippen molar-refractivity contribution in [3.63, 3.8) is 0 Å². The van der Waals surface area contributed by atoms with E-state index in [0.29, 0.717) is 37.6 Å². The van der Waals surface area contributed by atoms with Crippen molar-refractivity contribution in [1.82, 2.24) is 10.2 Å². The predicted octanol–water partition coefficient (Wildman–Crippen LogP) is 2.35. The highest BCUT2D eigenvalue weighted by molar-refractivity contribution is 6.30. The van der Waals surface area contributed by atoms with Gasteiger partial charge in [-0.05, 0) is 44.5 Å². The number of hydrogen-bond acceptors (Lipinski definition) is 4. The fraction of sp³-hybridized carbons (Fsp3) is 0.611. The highest BCUT2D eigenvalue weighted by atomic mass is 35.5. The van der Waals surface area contributed by atoms with Gasteiger partial charge in [0.25, 0.3) is 0 Å². The molecule has 1 aromatic carbocycles. The molecule has 0 saturated carbocycles. The molecule has 0 spiro atoms. The van der Waals surface area contributed by atoms with Crippen LogP contribution in [0, 0.1) is 0 Å². The molecule has 1 aromatic rings. The van der Waals surface area contributed by atoms with Crippen molar-refractivity contribution in [3.05, 3.63) is 34.9 Å². The number of rotatable bonds is 7. The van der Waals surface area contributed by atoms with Crippen LogP contribution in [0.15, 0.2) is 24.3 Å².